The predicted octanol–water partition coefficient (Wildman–Crippen LogP) is 5.47. The minimum Gasteiger partial charge on any atom is -0.485 e. The van der Waals surface area contributed by atoms with Crippen molar-refractivity contribution in [3.05, 3.63) is 99.5 Å². The molecule has 6 heteroatoms. The summed E-state index contributed by atoms with van der Waals surface area (Å²) >= 11 is 3.32. The van der Waals surface area contributed by atoms with Crippen LogP contribution in [0, 0.1) is 5.82 Å². The Balaban J connectivity index is 1.48. The first kappa shape index (κ1) is 19.1. The van der Waals surface area contributed by atoms with Crippen molar-refractivity contribution >= 4 is 33.6 Å². The second kappa shape index (κ2) is 8.01. The van der Waals surface area contributed by atoms with Crippen molar-refractivity contribution < 1.29 is 23.5 Å². The molecule has 3 aromatic carbocycles. The van der Waals surface area contributed by atoms with Gasteiger partial charge in [-0.2, -0.15) is 0 Å². The van der Waals surface area contributed by atoms with Gasteiger partial charge in [-0.15, -0.1) is 0 Å². The van der Waals surface area contributed by atoms with E-state index < -0.39 is 5.82 Å². The van der Waals surface area contributed by atoms with Crippen molar-refractivity contribution in [2.45, 2.75) is 0 Å². The lowest BCUT2D eigenvalue weighted by Gasteiger charge is -2.07. The third-order valence-electron chi connectivity index (χ3n) is 4.37. The number of hydrogen-bond acceptors (Lipinski definition) is 4. The molecule has 0 bridgehead atoms. The van der Waals surface area contributed by atoms with Crippen LogP contribution in [0.4, 0.5) is 4.39 Å². The molecule has 1 aliphatic rings. The molecule has 0 aliphatic carbocycles. The molecule has 0 amide bonds. The zero-order chi connectivity index (χ0) is 20.4. The van der Waals surface area contributed by atoms with Gasteiger partial charge in [0, 0.05) is 21.7 Å². The van der Waals surface area contributed by atoms with Gasteiger partial charge in [0.05, 0.1) is 5.56 Å². The Morgan fingerprint density at radius 3 is 2.59 bits per heavy atom. The van der Waals surface area contributed by atoms with Crippen LogP contribution >= 0.6 is 15.9 Å². The quantitative estimate of drug-likeness (QED) is 0.380. The van der Waals surface area contributed by atoms with E-state index in [0.29, 0.717) is 22.6 Å². The van der Waals surface area contributed by atoms with Crippen molar-refractivity contribution in [2.24, 2.45) is 0 Å². The molecule has 1 heterocycles. The summed E-state index contributed by atoms with van der Waals surface area (Å²) in [6.07, 6.45) is 1.37. The van der Waals surface area contributed by atoms with E-state index in [0.717, 1.165) is 4.47 Å². The molecule has 0 spiro atoms. The summed E-state index contributed by atoms with van der Waals surface area (Å²) in [6.45, 7) is -0.147. The van der Waals surface area contributed by atoms with Crippen molar-refractivity contribution in [1.82, 2.24) is 0 Å². The Hall–Kier alpha value is -3.25. The minimum absolute atomic E-state index is 0.0354. The summed E-state index contributed by atoms with van der Waals surface area (Å²) in [5, 5.41) is 0. The molecule has 0 aromatic heterocycles. The first-order valence-corrected chi connectivity index (χ1v) is 9.55. The van der Waals surface area contributed by atoms with E-state index in [1.54, 1.807) is 60.7 Å². The molecule has 29 heavy (non-hydrogen) atoms. The van der Waals surface area contributed by atoms with Crippen LogP contribution in [0.2, 0.25) is 0 Å². The van der Waals surface area contributed by atoms with Crippen LogP contribution in [0.25, 0.3) is 6.08 Å². The molecule has 0 radical (unpaired) electrons. The number of fused-ring (bicyclic) bond motifs is 1. The molecule has 0 atom stereocenters. The monoisotopic (exact) mass is 452 g/mol. The number of Topliss-reactive ketones (excluding diaryl/α,β-unsaturated/α-hetero) is 2. The Morgan fingerprint density at radius 1 is 1.07 bits per heavy atom. The summed E-state index contributed by atoms with van der Waals surface area (Å²) in [5.74, 6) is -0.202. The van der Waals surface area contributed by atoms with Gasteiger partial charge in [-0.05, 0) is 36.4 Å². The number of benzene rings is 3. The number of allylic oxidation sites excluding steroid dienone is 1. The largest absolute Gasteiger partial charge is 0.485 e. The van der Waals surface area contributed by atoms with E-state index in [1.165, 1.54) is 12.1 Å². The van der Waals surface area contributed by atoms with Crippen molar-refractivity contribution in [1.29, 1.82) is 0 Å². The second-order valence-electron chi connectivity index (χ2n) is 6.34. The van der Waals surface area contributed by atoms with Gasteiger partial charge in [0.15, 0.2) is 18.1 Å². The lowest BCUT2D eigenvalue weighted by atomic mass is 10.1. The zero-order valence-corrected chi connectivity index (χ0v) is 16.6. The van der Waals surface area contributed by atoms with Gasteiger partial charge in [0.2, 0.25) is 5.78 Å². The average Bonchev–Trinajstić information content (AvgIpc) is 3.03. The third-order valence-corrected chi connectivity index (χ3v) is 4.90. The molecular formula is C23H14BrFO4. The van der Waals surface area contributed by atoms with Crippen LogP contribution in [0.1, 0.15) is 26.3 Å². The minimum atomic E-state index is -0.442. The maximum atomic E-state index is 13.8. The fourth-order valence-corrected chi connectivity index (χ4v) is 3.12. The topological polar surface area (TPSA) is 52.6 Å². The Bertz CT molecular complexity index is 1140. The van der Waals surface area contributed by atoms with Crippen LogP contribution in [0.5, 0.6) is 11.5 Å². The molecule has 4 rings (SSSR count). The maximum absolute atomic E-state index is 13.8. The van der Waals surface area contributed by atoms with Gasteiger partial charge in [-0.3, -0.25) is 9.59 Å². The normalized spacial score (nSPS) is 13.9. The number of ketones is 2. The van der Waals surface area contributed by atoms with Crippen LogP contribution in [-0.4, -0.2) is 18.2 Å². The van der Waals surface area contributed by atoms with E-state index in [2.05, 4.69) is 15.9 Å². The molecule has 3 aromatic rings. The first-order chi connectivity index (χ1) is 14.0. The van der Waals surface area contributed by atoms with Gasteiger partial charge >= 0.3 is 0 Å². The second-order valence-corrected chi connectivity index (χ2v) is 7.25. The summed E-state index contributed by atoms with van der Waals surface area (Å²) < 4.78 is 25.9. The fourth-order valence-electron chi connectivity index (χ4n) is 2.86. The van der Waals surface area contributed by atoms with E-state index >= 15 is 0 Å². The number of rotatable bonds is 5. The Kier molecular flexibility index (Phi) is 5.27. The van der Waals surface area contributed by atoms with Crippen LogP contribution in [0.15, 0.2) is 77.0 Å². The van der Waals surface area contributed by atoms with Gasteiger partial charge in [0.25, 0.3) is 0 Å². The van der Waals surface area contributed by atoms with Crippen LogP contribution in [-0.2, 0) is 0 Å². The van der Waals surface area contributed by atoms with E-state index in [-0.39, 0.29) is 29.5 Å². The van der Waals surface area contributed by atoms with Gasteiger partial charge < -0.3 is 9.47 Å². The highest BCUT2D eigenvalue weighted by atomic mass is 79.9. The van der Waals surface area contributed by atoms with Crippen molar-refractivity contribution in [2.75, 3.05) is 6.61 Å². The van der Waals surface area contributed by atoms with Crippen molar-refractivity contribution in [3.63, 3.8) is 0 Å². The Labute approximate surface area is 174 Å². The summed E-state index contributed by atoms with van der Waals surface area (Å²) in [6, 6.07) is 17.8. The van der Waals surface area contributed by atoms with Gasteiger partial charge in [-0.25, -0.2) is 4.39 Å². The number of halogens is 2. The molecule has 144 valence electrons. The van der Waals surface area contributed by atoms with Crippen LogP contribution in [0.3, 0.4) is 0 Å². The fraction of sp³-hybridized carbons (Fsp3) is 0.0435. The molecule has 4 nitrogen and oxygen atoms in total. The highest BCUT2D eigenvalue weighted by Crippen LogP contribution is 2.35. The standard InChI is InChI=1S/C23H14BrFO4/c24-16-7-5-14(6-8-16)20(26)13-28-17-9-10-18-21(12-17)29-22(23(18)27)11-15-3-1-2-4-19(15)25/h1-12H,13H2/b22-11-. The van der Waals surface area contributed by atoms with E-state index in [9.17, 15) is 14.0 Å². The number of carbonyl (C=O) groups is 2. The highest BCUT2D eigenvalue weighted by Gasteiger charge is 2.28. The Morgan fingerprint density at radius 2 is 1.83 bits per heavy atom. The molecule has 1 aliphatic heterocycles. The lowest BCUT2D eigenvalue weighted by Crippen LogP contribution is -2.11. The van der Waals surface area contributed by atoms with E-state index in [4.69, 9.17) is 9.47 Å². The van der Waals surface area contributed by atoms with Gasteiger partial charge in [0.1, 0.15) is 17.3 Å². The number of ether oxygens (including phenoxy) is 2. The molecule has 0 saturated heterocycles. The molecular weight excluding hydrogens is 439 g/mol. The SMILES string of the molecule is O=C(COc1ccc2c(c1)O/C(=C\c1ccccc1F)C2=O)c1ccc(Br)cc1. The summed E-state index contributed by atoms with van der Waals surface area (Å²) in [7, 11) is 0. The smallest absolute Gasteiger partial charge is 0.231 e. The predicted molar refractivity (Wildman–Crippen MR) is 110 cm³/mol. The molecule has 0 fully saturated rings. The number of hydrogen-bond donors (Lipinski definition) is 0. The van der Waals surface area contributed by atoms with Gasteiger partial charge in [-0.1, -0.05) is 46.3 Å². The van der Waals surface area contributed by atoms with E-state index in [1.807, 2.05) is 0 Å². The average molecular weight is 453 g/mol. The molecule has 0 N–H and O–H groups in total. The van der Waals surface area contributed by atoms with Crippen molar-refractivity contribution in [3.8, 4) is 11.5 Å². The first-order valence-electron chi connectivity index (χ1n) is 8.75. The summed E-state index contributed by atoms with van der Waals surface area (Å²) in [4.78, 5) is 24.7. The molecule has 0 saturated carbocycles. The van der Waals surface area contributed by atoms with Crippen LogP contribution < -0.4 is 9.47 Å². The zero-order valence-electron chi connectivity index (χ0n) is 15.0. The highest BCUT2D eigenvalue weighted by molar-refractivity contribution is 9.10. The lowest BCUT2D eigenvalue weighted by molar-refractivity contribution is 0.0921. The number of carbonyl (C=O) groups excluding carboxylic acids is 2. The molecule has 0 unspecified atom stereocenters. The summed E-state index contributed by atoms with van der Waals surface area (Å²) in [5.41, 5.74) is 1.16. The third kappa shape index (κ3) is 4.12. The maximum Gasteiger partial charge on any atom is 0.231 e.